The van der Waals surface area contributed by atoms with Gasteiger partial charge in [0.25, 0.3) is 5.91 Å². The van der Waals surface area contributed by atoms with Crippen LogP contribution in [0.1, 0.15) is 33.6 Å². The Hall–Kier alpha value is -3.02. The first-order valence-corrected chi connectivity index (χ1v) is 8.80. The number of ether oxygens (including phenoxy) is 3. The third kappa shape index (κ3) is 3.74. The van der Waals surface area contributed by atoms with Crippen LogP contribution in [0.2, 0.25) is 0 Å². The maximum absolute atomic E-state index is 13.0. The number of hydrogen-bond donors (Lipinski definition) is 0. The van der Waals surface area contributed by atoms with Gasteiger partial charge >= 0.3 is 0 Å². The van der Waals surface area contributed by atoms with E-state index in [-0.39, 0.29) is 11.7 Å². The van der Waals surface area contributed by atoms with Crippen LogP contribution in [0.4, 0.5) is 0 Å². The van der Waals surface area contributed by atoms with Gasteiger partial charge in [-0.2, -0.15) is 0 Å². The Bertz CT molecular complexity index is 831. The number of benzene rings is 2. The van der Waals surface area contributed by atoms with E-state index < -0.39 is 6.04 Å². The number of Topliss-reactive ketones (excluding diaryl/α,β-unsaturated/α-hetero) is 1. The van der Waals surface area contributed by atoms with Gasteiger partial charge in [0.15, 0.2) is 17.3 Å². The normalized spacial score (nSPS) is 16.1. The summed E-state index contributed by atoms with van der Waals surface area (Å²) in [5.41, 5.74) is 1.05. The zero-order chi connectivity index (χ0) is 19.4. The predicted molar refractivity (Wildman–Crippen MR) is 101 cm³/mol. The number of rotatable bonds is 6. The first-order valence-electron chi connectivity index (χ1n) is 8.80. The molecule has 0 spiro atoms. The van der Waals surface area contributed by atoms with Gasteiger partial charge in [-0.25, -0.2) is 0 Å². The Labute approximate surface area is 158 Å². The molecule has 0 N–H and O–H groups in total. The molecule has 0 aromatic heterocycles. The topological polar surface area (TPSA) is 65.1 Å². The molecule has 1 atom stereocenters. The van der Waals surface area contributed by atoms with Crippen LogP contribution in [0.25, 0.3) is 0 Å². The van der Waals surface area contributed by atoms with Gasteiger partial charge in [0.05, 0.1) is 27.4 Å². The van der Waals surface area contributed by atoms with Gasteiger partial charge in [-0.3, -0.25) is 9.59 Å². The number of likely N-dealkylation sites (tertiary alicyclic amines) is 1. The van der Waals surface area contributed by atoms with Crippen LogP contribution < -0.4 is 14.2 Å². The standard InChI is InChI=1S/C21H23NO5/c1-25-16-9-6-14(7-10-16)20(23)17-5-4-12-22(17)21(24)15-8-11-18(26-2)19(13-15)27-3/h6-11,13,17H,4-5,12H2,1-3H3. The van der Waals surface area contributed by atoms with E-state index in [1.54, 1.807) is 61.6 Å². The molecule has 1 saturated heterocycles. The Morgan fingerprint density at radius 3 is 2.19 bits per heavy atom. The van der Waals surface area contributed by atoms with E-state index >= 15 is 0 Å². The molecule has 3 rings (SSSR count). The van der Waals surface area contributed by atoms with E-state index in [2.05, 4.69) is 0 Å². The Morgan fingerprint density at radius 1 is 0.889 bits per heavy atom. The van der Waals surface area contributed by atoms with Crippen LogP contribution in [0.5, 0.6) is 17.2 Å². The lowest BCUT2D eigenvalue weighted by Crippen LogP contribution is -2.40. The Morgan fingerprint density at radius 2 is 1.56 bits per heavy atom. The molecule has 0 radical (unpaired) electrons. The summed E-state index contributed by atoms with van der Waals surface area (Å²) in [5, 5.41) is 0. The number of methoxy groups -OCH3 is 3. The lowest BCUT2D eigenvalue weighted by molar-refractivity contribution is 0.0671. The summed E-state index contributed by atoms with van der Waals surface area (Å²) < 4.78 is 15.6. The lowest BCUT2D eigenvalue weighted by Gasteiger charge is -2.24. The average Bonchev–Trinajstić information content (AvgIpc) is 3.22. The molecular formula is C21H23NO5. The van der Waals surface area contributed by atoms with E-state index in [1.807, 2.05) is 0 Å². The highest BCUT2D eigenvalue weighted by Gasteiger charge is 2.35. The van der Waals surface area contributed by atoms with Crippen molar-refractivity contribution in [3.05, 3.63) is 53.6 Å². The molecule has 0 bridgehead atoms. The van der Waals surface area contributed by atoms with Crippen molar-refractivity contribution in [1.82, 2.24) is 4.90 Å². The summed E-state index contributed by atoms with van der Waals surface area (Å²) in [6.45, 7) is 0.555. The molecular weight excluding hydrogens is 346 g/mol. The van der Waals surface area contributed by atoms with E-state index in [0.29, 0.717) is 41.3 Å². The fraction of sp³-hybridized carbons (Fsp3) is 0.333. The zero-order valence-corrected chi connectivity index (χ0v) is 15.7. The summed E-state index contributed by atoms with van der Waals surface area (Å²) >= 11 is 0. The average molecular weight is 369 g/mol. The van der Waals surface area contributed by atoms with Crippen molar-refractivity contribution in [2.45, 2.75) is 18.9 Å². The van der Waals surface area contributed by atoms with Gasteiger partial charge in [-0.15, -0.1) is 0 Å². The van der Waals surface area contributed by atoms with E-state index in [0.717, 1.165) is 6.42 Å². The summed E-state index contributed by atoms with van der Waals surface area (Å²) in [5.74, 6) is 1.50. The number of ketones is 1. The molecule has 1 unspecified atom stereocenters. The van der Waals surface area contributed by atoms with Crippen LogP contribution >= 0.6 is 0 Å². The summed E-state index contributed by atoms with van der Waals surface area (Å²) in [6, 6.07) is 11.6. The molecule has 2 aromatic carbocycles. The molecule has 6 nitrogen and oxygen atoms in total. The zero-order valence-electron chi connectivity index (χ0n) is 15.7. The first kappa shape index (κ1) is 18.8. The fourth-order valence-corrected chi connectivity index (χ4v) is 3.37. The number of nitrogens with zero attached hydrogens (tertiary/aromatic N) is 1. The highest BCUT2D eigenvalue weighted by atomic mass is 16.5. The van der Waals surface area contributed by atoms with Gasteiger partial charge < -0.3 is 19.1 Å². The maximum atomic E-state index is 13.0. The summed E-state index contributed by atoms with van der Waals surface area (Å²) in [7, 11) is 4.65. The SMILES string of the molecule is COc1ccc(C(=O)C2CCCN2C(=O)c2ccc(OC)c(OC)c2)cc1. The summed E-state index contributed by atoms with van der Waals surface area (Å²) in [4.78, 5) is 27.6. The van der Waals surface area contributed by atoms with Crippen LogP contribution in [-0.2, 0) is 0 Å². The summed E-state index contributed by atoms with van der Waals surface area (Å²) in [6.07, 6.45) is 1.45. The molecule has 6 heteroatoms. The fourth-order valence-electron chi connectivity index (χ4n) is 3.37. The number of carbonyl (C=O) groups is 2. The molecule has 27 heavy (non-hydrogen) atoms. The van der Waals surface area contributed by atoms with Crippen LogP contribution in [-0.4, -0.2) is 50.5 Å². The highest BCUT2D eigenvalue weighted by Crippen LogP contribution is 2.30. The van der Waals surface area contributed by atoms with Crippen molar-refractivity contribution < 1.29 is 23.8 Å². The molecule has 1 heterocycles. The molecule has 0 aliphatic carbocycles. The Balaban J connectivity index is 1.82. The van der Waals surface area contributed by atoms with Crippen LogP contribution in [0.3, 0.4) is 0 Å². The minimum absolute atomic E-state index is 0.0519. The quantitative estimate of drug-likeness (QED) is 0.732. The van der Waals surface area contributed by atoms with Gasteiger partial charge in [0, 0.05) is 17.7 Å². The van der Waals surface area contributed by atoms with Gasteiger partial charge in [0.1, 0.15) is 5.75 Å². The molecule has 0 saturated carbocycles. The van der Waals surface area contributed by atoms with Gasteiger partial charge in [-0.05, 0) is 55.3 Å². The predicted octanol–water partition coefficient (Wildman–Crippen LogP) is 3.20. The smallest absolute Gasteiger partial charge is 0.254 e. The van der Waals surface area contributed by atoms with Gasteiger partial charge in [-0.1, -0.05) is 0 Å². The van der Waals surface area contributed by atoms with Crippen LogP contribution in [0.15, 0.2) is 42.5 Å². The monoisotopic (exact) mass is 369 g/mol. The molecule has 142 valence electrons. The number of carbonyl (C=O) groups excluding carboxylic acids is 2. The minimum Gasteiger partial charge on any atom is -0.497 e. The van der Waals surface area contributed by atoms with Crippen molar-refractivity contribution >= 4 is 11.7 Å². The van der Waals surface area contributed by atoms with Crippen molar-refractivity contribution in [3.8, 4) is 17.2 Å². The van der Waals surface area contributed by atoms with Crippen molar-refractivity contribution in [2.24, 2.45) is 0 Å². The third-order valence-corrected chi connectivity index (χ3v) is 4.82. The van der Waals surface area contributed by atoms with E-state index in [4.69, 9.17) is 14.2 Å². The number of amides is 1. The molecule has 1 amide bonds. The molecule has 1 aliphatic heterocycles. The van der Waals surface area contributed by atoms with Gasteiger partial charge in [0.2, 0.25) is 0 Å². The lowest BCUT2D eigenvalue weighted by atomic mass is 10.0. The first-order chi connectivity index (χ1) is 13.1. The van der Waals surface area contributed by atoms with E-state index in [9.17, 15) is 9.59 Å². The minimum atomic E-state index is -0.459. The van der Waals surface area contributed by atoms with Crippen LogP contribution in [0, 0.1) is 0 Å². The molecule has 1 fully saturated rings. The molecule has 1 aliphatic rings. The number of hydrogen-bond acceptors (Lipinski definition) is 5. The second kappa shape index (κ2) is 8.12. The second-order valence-corrected chi connectivity index (χ2v) is 6.32. The highest BCUT2D eigenvalue weighted by molar-refractivity contribution is 6.04. The Kier molecular flexibility index (Phi) is 5.64. The largest absolute Gasteiger partial charge is 0.497 e. The van der Waals surface area contributed by atoms with Crippen molar-refractivity contribution in [1.29, 1.82) is 0 Å². The second-order valence-electron chi connectivity index (χ2n) is 6.32. The van der Waals surface area contributed by atoms with Crippen molar-refractivity contribution in [2.75, 3.05) is 27.9 Å². The maximum Gasteiger partial charge on any atom is 0.254 e. The third-order valence-electron chi connectivity index (χ3n) is 4.82. The molecule has 2 aromatic rings. The van der Waals surface area contributed by atoms with E-state index in [1.165, 1.54) is 7.11 Å². The van der Waals surface area contributed by atoms with Crippen molar-refractivity contribution in [3.63, 3.8) is 0 Å².